The first-order valence-electron chi connectivity index (χ1n) is 17.1. The van der Waals surface area contributed by atoms with Crippen molar-refractivity contribution in [2.45, 2.75) is 12.3 Å². The Bertz CT molecular complexity index is 2450. The second-order valence-electron chi connectivity index (χ2n) is 13.2. The molecular formula is C48H34ClN. The molecule has 1 nitrogen and oxygen atoms in total. The van der Waals surface area contributed by atoms with Gasteiger partial charge in [0.25, 0.3) is 0 Å². The molecular weight excluding hydrogens is 626 g/mol. The maximum atomic E-state index is 7.01. The molecule has 1 unspecified atom stereocenters. The molecule has 0 amide bonds. The van der Waals surface area contributed by atoms with Crippen LogP contribution in [-0.4, -0.2) is 0 Å². The van der Waals surface area contributed by atoms with Crippen LogP contribution >= 0.6 is 11.6 Å². The highest BCUT2D eigenvalue weighted by Gasteiger charge is 2.46. The van der Waals surface area contributed by atoms with Crippen molar-refractivity contribution in [1.82, 2.24) is 0 Å². The first kappa shape index (κ1) is 30.2. The molecule has 0 fully saturated rings. The summed E-state index contributed by atoms with van der Waals surface area (Å²) in [5.41, 5.74) is 13.8. The molecule has 8 aromatic carbocycles. The summed E-state index contributed by atoms with van der Waals surface area (Å²) in [7, 11) is 0. The van der Waals surface area contributed by atoms with Gasteiger partial charge in [0.05, 0.1) is 5.41 Å². The number of para-hydroxylation sites is 2. The molecule has 0 aromatic heterocycles. The van der Waals surface area contributed by atoms with E-state index in [1.165, 1.54) is 49.7 Å². The molecule has 0 radical (unpaired) electrons. The Hall–Kier alpha value is -5.89. The minimum Gasteiger partial charge on any atom is -0.310 e. The van der Waals surface area contributed by atoms with E-state index in [-0.39, 0.29) is 0 Å². The van der Waals surface area contributed by atoms with E-state index in [4.69, 9.17) is 11.6 Å². The average Bonchev–Trinajstić information content (AvgIpc) is 3.47. The van der Waals surface area contributed by atoms with E-state index >= 15 is 0 Å². The Morgan fingerprint density at radius 2 is 1.08 bits per heavy atom. The van der Waals surface area contributed by atoms with Crippen molar-refractivity contribution in [3.63, 3.8) is 0 Å². The van der Waals surface area contributed by atoms with Crippen molar-refractivity contribution in [3.05, 3.63) is 221 Å². The largest absolute Gasteiger partial charge is 0.310 e. The van der Waals surface area contributed by atoms with Crippen molar-refractivity contribution in [3.8, 4) is 22.3 Å². The number of halogens is 1. The molecule has 8 aromatic rings. The van der Waals surface area contributed by atoms with Crippen molar-refractivity contribution < 1.29 is 0 Å². The molecule has 1 aliphatic rings. The summed E-state index contributed by atoms with van der Waals surface area (Å²) in [5.74, 6) is 0. The molecule has 0 saturated carbocycles. The van der Waals surface area contributed by atoms with Crippen LogP contribution in [0.2, 0.25) is 5.02 Å². The predicted octanol–water partition coefficient (Wildman–Crippen LogP) is 13.3. The number of aryl methyl sites for hydroxylation is 1. The summed E-state index contributed by atoms with van der Waals surface area (Å²) in [5, 5.41) is 3.21. The maximum absolute atomic E-state index is 7.01. The minimum absolute atomic E-state index is 0.513. The highest BCUT2D eigenvalue weighted by molar-refractivity contribution is 6.31. The van der Waals surface area contributed by atoms with Gasteiger partial charge < -0.3 is 4.90 Å². The van der Waals surface area contributed by atoms with Gasteiger partial charge in [0.2, 0.25) is 0 Å². The Kier molecular flexibility index (Phi) is 7.38. The molecule has 0 N–H and O–H groups in total. The number of rotatable bonds is 6. The maximum Gasteiger partial charge on any atom is 0.0714 e. The zero-order valence-corrected chi connectivity index (χ0v) is 28.5. The molecule has 9 rings (SSSR count). The first-order chi connectivity index (χ1) is 24.6. The monoisotopic (exact) mass is 659 g/mol. The second-order valence-corrected chi connectivity index (χ2v) is 13.6. The smallest absolute Gasteiger partial charge is 0.0714 e. The van der Waals surface area contributed by atoms with Crippen molar-refractivity contribution in [1.29, 1.82) is 0 Å². The van der Waals surface area contributed by atoms with Gasteiger partial charge in [-0.05, 0) is 111 Å². The molecule has 2 heteroatoms. The van der Waals surface area contributed by atoms with Gasteiger partial charge in [-0.3, -0.25) is 0 Å². The van der Waals surface area contributed by atoms with Crippen LogP contribution in [0.3, 0.4) is 0 Å². The Morgan fingerprint density at radius 1 is 0.460 bits per heavy atom. The molecule has 238 valence electrons. The predicted molar refractivity (Wildman–Crippen MR) is 211 cm³/mol. The minimum atomic E-state index is -0.513. The van der Waals surface area contributed by atoms with E-state index in [1.807, 2.05) is 0 Å². The Morgan fingerprint density at radius 3 is 1.78 bits per heavy atom. The zero-order valence-electron chi connectivity index (χ0n) is 27.7. The van der Waals surface area contributed by atoms with E-state index in [2.05, 4.69) is 200 Å². The molecule has 0 saturated heterocycles. The van der Waals surface area contributed by atoms with Gasteiger partial charge in [-0.25, -0.2) is 0 Å². The number of anilines is 3. The van der Waals surface area contributed by atoms with Gasteiger partial charge in [-0.1, -0.05) is 157 Å². The van der Waals surface area contributed by atoms with Crippen LogP contribution in [0.15, 0.2) is 188 Å². The quantitative estimate of drug-likeness (QED) is 0.172. The average molecular weight is 660 g/mol. The van der Waals surface area contributed by atoms with E-state index in [0.717, 1.165) is 28.2 Å². The Balaban J connectivity index is 1.31. The number of nitrogens with zero attached hydrogens (tertiary/aromatic N) is 1. The number of hydrogen-bond acceptors (Lipinski definition) is 1. The fraction of sp³-hybridized carbons (Fsp3) is 0.0417. The van der Waals surface area contributed by atoms with Crippen molar-refractivity contribution in [2.75, 3.05) is 4.90 Å². The molecule has 0 aliphatic heterocycles. The first-order valence-corrected chi connectivity index (χ1v) is 17.5. The lowest BCUT2D eigenvalue weighted by Crippen LogP contribution is -2.28. The highest BCUT2D eigenvalue weighted by Crippen LogP contribution is 2.58. The molecule has 0 heterocycles. The van der Waals surface area contributed by atoms with Crippen molar-refractivity contribution in [2.24, 2.45) is 0 Å². The number of benzene rings is 8. The lowest BCUT2D eigenvalue weighted by atomic mass is 9.67. The van der Waals surface area contributed by atoms with Crippen LogP contribution in [0.1, 0.15) is 27.8 Å². The van der Waals surface area contributed by atoms with Gasteiger partial charge >= 0.3 is 0 Å². The summed E-state index contributed by atoms with van der Waals surface area (Å²) < 4.78 is 0. The summed E-state index contributed by atoms with van der Waals surface area (Å²) >= 11 is 7.01. The third kappa shape index (κ3) is 4.85. The third-order valence-electron chi connectivity index (χ3n) is 10.2. The van der Waals surface area contributed by atoms with Crippen molar-refractivity contribution >= 4 is 39.4 Å². The molecule has 1 aliphatic carbocycles. The van der Waals surface area contributed by atoms with Gasteiger partial charge in [0, 0.05) is 22.1 Å². The molecule has 0 spiro atoms. The summed E-state index contributed by atoms with van der Waals surface area (Å²) in [6.07, 6.45) is 0. The van der Waals surface area contributed by atoms with E-state index in [9.17, 15) is 0 Å². The third-order valence-corrected chi connectivity index (χ3v) is 10.4. The van der Waals surface area contributed by atoms with Gasteiger partial charge in [0.15, 0.2) is 0 Å². The van der Waals surface area contributed by atoms with Crippen LogP contribution in [0.25, 0.3) is 33.0 Å². The van der Waals surface area contributed by atoms with Crippen LogP contribution in [0.5, 0.6) is 0 Å². The van der Waals surface area contributed by atoms with Gasteiger partial charge in [-0.15, -0.1) is 0 Å². The molecule has 0 bridgehead atoms. The van der Waals surface area contributed by atoms with E-state index in [1.54, 1.807) is 0 Å². The molecule has 50 heavy (non-hydrogen) atoms. The second kappa shape index (κ2) is 12.2. The van der Waals surface area contributed by atoms with Gasteiger partial charge in [0.1, 0.15) is 0 Å². The van der Waals surface area contributed by atoms with Crippen LogP contribution in [0.4, 0.5) is 17.1 Å². The Labute approximate surface area is 298 Å². The molecule has 1 atom stereocenters. The summed E-state index contributed by atoms with van der Waals surface area (Å²) in [6.45, 7) is 2.16. The van der Waals surface area contributed by atoms with E-state index < -0.39 is 5.41 Å². The van der Waals surface area contributed by atoms with Crippen LogP contribution in [0, 0.1) is 6.92 Å². The number of hydrogen-bond donors (Lipinski definition) is 0. The SMILES string of the molecule is Cc1ccc(C2(c3ccccc3)c3cc(-c4cc(Cl)cc(N(c5ccccc5)c5ccccc5)c4)ccc3-c3c2ccc2ccccc32)cc1. The topological polar surface area (TPSA) is 3.24 Å². The zero-order chi connectivity index (χ0) is 33.7. The fourth-order valence-electron chi connectivity index (χ4n) is 8.02. The number of fused-ring (bicyclic) bond motifs is 5. The van der Waals surface area contributed by atoms with Crippen LogP contribution < -0.4 is 4.90 Å². The summed E-state index contributed by atoms with van der Waals surface area (Å²) in [6, 6.07) is 68.0. The van der Waals surface area contributed by atoms with Crippen LogP contribution in [-0.2, 0) is 5.41 Å². The lowest BCUT2D eigenvalue weighted by molar-refractivity contribution is 0.769. The van der Waals surface area contributed by atoms with Gasteiger partial charge in [-0.2, -0.15) is 0 Å². The highest BCUT2D eigenvalue weighted by atomic mass is 35.5. The standard InChI is InChI=1S/C48H34ClN/c1-33-21-25-38(26-22-33)48(37-14-5-2-6-15-37)45-28-24-34-13-11-12-20-43(34)47(45)44-27-23-35(31-46(44)48)36-29-39(49)32-42(30-36)50(40-16-7-3-8-17-40)41-18-9-4-10-19-41/h2-32H,1H3. The fourth-order valence-corrected chi connectivity index (χ4v) is 8.25. The van der Waals surface area contributed by atoms with E-state index in [0.29, 0.717) is 5.02 Å². The normalized spacial score (nSPS) is 14.7. The lowest BCUT2D eigenvalue weighted by Gasteiger charge is -2.34. The summed E-state index contributed by atoms with van der Waals surface area (Å²) in [4.78, 5) is 2.27.